The van der Waals surface area contributed by atoms with Crippen LogP contribution in [0.5, 0.6) is 35.0 Å². The van der Waals surface area contributed by atoms with Crippen LogP contribution in [-0.4, -0.2) is 40.7 Å². The van der Waals surface area contributed by atoms with Crippen molar-refractivity contribution in [3.63, 3.8) is 0 Å². The van der Waals surface area contributed by atoms with Gasteiger partial charge in [-0.05, 0) is 63.2 Å². The van der Waals surface area contributed by atoms with Gasteiger partial charge < -0.3 is 29.0 Å². The molecule has 4 aromatic rings. The van der Waals surface area contributed by atoms with Crippen LogP contribution in [0.1, 0.15) is 31.1 Å². The van der Waals surface area contributed by atoms with E-state index in [9.17, 15) is 4.79 Å². The van der Waals surface area contributed by atoms with Gasteiger partial charge in [0, 0.05) is 11.8 Å². The Hall–Kier alpha value is -4.86. The van der Waals surface area contributed by atoms with E-state index in [1.807, 2.05) is 39.0 Å². The van der Waals surface area contributed by atoms with Crippen LogP contribution in [-0.2, 0) is 4.74 Å². The third-order valence-corrected chi connectivity index (χ3v) is 4.87. The highest BCUT2D eigenvalue weighted by Gasteiger charge is 2.19. The third kappa shape index (κ3) is 7.10. The molecule has 0 amide bonds. The molecule has 0 bridgehead atoms. The van der Waals surface area contributed by atoms with Crippen LogP contribution < -0.4 is 24.3 Å². The number of anilines is 2. The predicted molar refractivity (Wildman–Crippen MR) is 141 cm³/mol. The number of ether oxygens (including phenoxy) is 5. The molecule has 4 rings (SSSR count). The van der Waals surface area contributed by atoms with Gasteiger partial charge in [-0.25, -0.2) is 4.79 Å². The summed E-state index contributed by atoms with van der Waals surface area (Å²) >= 11 is 0. The molecule has 0 aliphatic rings. The van der Waals surface area contributed by atoms with E-state index >= 15 is 0 Å². The molecular weight excluding hydrogens is 488 g/mol. The van der Waals surface area contributed by atoms with Crippen LogP contribution in [0.3, 0.4) is 0 Å². The molecule has 0 unspecified atom stereocenters. The van der Waals surface area contributed by atoms with Crippen molar-refractivity contribution in [2.45, 2.75) is 26.4 Å². The second kappa shape index (κ2) is 11.5. The average molecular weight is 517 g/mol. The Morgan fingerprint density at radius 1 is 0.737 bits per heavy atom. The minimum atomic E-state index is -0.618. The number of benzene rings is 3. The lowest BCUT2D eigenvalue weighted by atomic mass is 10.1. The van der Waals surface area contributed by atoms with Crippen molar-refractivity contribution in [2.75, 3.05) is 19.5 Å². The van der Waals surface area contributed by atoms with Crippen molar-refractivity contribution in [3.8, 4) is 35.0 Å². The number of carbonyl (C=O) groups excluding carboxylic acids is 1. The monoisotopic (exact) mass is 516 g/mol. The number of nitrogens with one attached hydrogen (secondary N) is 1. The molecule has 38 heavy (non-hydrogen) atoms. The van der Waals surface area contributed by atoms with Gasteiger partial charge in [0.2, 0.25) is 5.95 Å². The fraction of sp³-hybridized carbons (Fsp3) is 0.214. The molecule has 0 atom stereocenters. The van der Waals surface area contributed by atoms with Gasteiger partial charge in [-0.1, -0.05) is 24.3 Å². The van der Waals surface area contributed by atoms with Crippen LogP contribution in [0, 0.1) is 0 Å². The Kier molecular flexibility index (Phi) is 7.91. The third-order valence-electron chi connectivity index (χ3n) is 4.87. The zero-order valence-electron chi connectivity index (χ0n) is 21.7. The quantitative estimate of drug-likeness (QED) is 0.259. The van der Waals surface area contributed by atoms with E-state index in [1.165, 1.54) is 7.11 Å². The van der Waals surface area contributed by atoms with Crippen molar-refractivity contribution in [2.24, 2.45) is 0 Å². The number of methoxy groups -OCH3 is 2. The zero-order valence-corrected chi connectivity index (χ0v) is 21.7. The molecule has 3 aromatic carbocycles. The summed E-state index contributed by atoms with van der Waals surface area (Å²) in [7, 11) is 3.08. The van der Waals surface area contributed by atoms with Crippen LogP contribution in [0.15, 0.2) is 72.8 Å². The molecular formula is C28H28N4O6. The van der Waals surface area contributed by atoms with Crippen molar-refractivity contribution in [3.05, 3.63) is 78.4 Å². The number of rotatable bonds is 9. The molecule has 10 heteroatoms. The Morgan fingerprint density at radius 2 is 1.47 bits per heavy atom. The first kappa shape index (κ1) is 26.2. The van der Waals surface area contributed by atoms with E-state index in [1.54, 1.807) is 61.7 Å². The fourth-order valence-corrected chi connectivity index (χ4v) is 3.23. The van der Waals surface area contributed by atoms with Crippen LogP contribution in [0.4, 0.5) is 11.6 Å². The fourth-order valence-electron chi connectivity index (χ4n) is 3.23. The van der Waals surface area contributed by atoms with Gasteiger partial charge in [0.1, 0.15) is 17.1 Å². The van der Waals surface area contributed by atoms with Gasteiger partial charge in [-0.2, -0.15) is 9.97 Å². The lowest BCUT2D eigenvalue weighted by Gasteiger charge is -2.19. The summed E-state index contributed by atoms with van der Waals surface area (Å²) in [6.45, 7) is 5.43. The van der Waals surface area contributed by atoms with Crippen LogP contribution >= 0.6 is 0 Å². The smallest absolute Gasteiger partial charge is 0.338 e. The largest absolute Gasteiger partial charge is 0.497 e. The molecule has 0 saturated carbocycles. The van der Waals surface area contributed by atoms with Gasteiger partial charge in [-0.3, -0.25) is 0 Å². The number of carbonyl (C=O) groups is 1. The molecule has 196 valence electrons. The Labute approximate surface area is 220 Å². The SMILES string of the molecule is COc1ccc(Oc2nc(Nc3cccc(C(=O)OC(C)(C)C)c3)nc(Oc3ccccc3)n2)c(OC)c1. The first-order chi connectivity index (χ1) is 18.2. The van der Waals surface area contributed by atoms with E-state index < -0.39 is 11.6 Å². The molecule has 0 aliphatic heterocycles. The topological polar surface area (TPSA) is 114 Å². The van der Waals surface area contributed by atoms with E-state index in [-0.39, 0.29) is 18.0 Å². The van der Waals surface area contributed by atoms with Gasteiger partial charge >= 0.3 is 18.0 Å². The number of para-hydroxylation sites is 1. The van der Waals surface area contributed by atoms with Crippen molar-refractivity contribution in [1.82, 2.24) is 15.0 Å². The molecule has 1 heterocycles. The maximum absolute atomic E-state index is 12.5. The van der Waals surface area contributed by atoms with Gasteiger partial charge in [0.15, 0.2) is 11.5 Å². The average Bonchev–Trinajstić information content (AvgIpc) is 2.88. The summed E-state index contributed by atoms with van der Waals surface area (Å²) in [6, 6.07) is 20.9. The van der Waals surface area contributed by atoms with E-state index in [4.69, 9.17) is 23.7 Å². The lowest BCUT2D eigenvalue weighted by molar-refractivity contribution is 0.00695. The standard InChI is InChI=1S/C28H28N4O6/c1-28(2,3)38-24(33)18-10-9-11-19(16-18)29-25-30-26(36-20-12-7-6-8-13-20)32-27(31-25)37-22-15-14-21(34-4)17-23(22)35-5/h6-17H,1-5H3,(H,29,30,31,32). The van der Waals surface area contributed by atoms with Gasteiger partial charge in [0.05, 0.1) is 19.8 Å². The summed E-state index contributed by atoms with van der Waals surface area (Å²) in [5.74, 6) is 1.61. The second-order valence-electron chi connectivity index (χ2n) is 8.97. The summed E-state index contributed by atoms with van der Waals surface area (Å²) < 4.78 is 27.9. The summed E-state index contributed by atoms with van der Waals surface area (Å²) in [5.41, 5.74) is 0.310. The minimum absolute atomic E-state index is 0.000486. The van der Waals surface area contributed by atoms with E-state index in [0.717, 1.165) is 0 Å². The zero-order chi connectivity index (χ0) is 27.1. The second-order valence-corrected chi connectivity index (χ2v) is 8.97. The van der Waals surface area contributed by atoms with E-state index in [2.05, 4.69) is 20.3 Å². The highest BCUT2D eigenvalue weighted by Crippen LogP contribution is 2.34. The summed E-state index contributed by atoms with van der Waals surface area (Å²) in [5, 5.41) is 3.08. The molecule has 0 radical (unpaired) electrons. The first-order valence-corrected chi connectivity index (χ1v) is 11.7. The normalized spacial score (nSPS) is 10.9. The lowest BCUT2D eigenvalue weighted by Crippen LogP contribution is -2.23. The van der Waals surface area contributed by atoms with Gasteiger partial charge in [-0.15, -0.1) is 4.98 Å². The minimum Gasteiger partial charge on any atom is -0.497 e. The molecule has 1 aromatic heterocycles. The number of hydrogen-bond acceptors (Lipinski definition) is 10. The number of nitrogens with zero attached hydrogens (tertiary/aromatic N) is 3. The molecule has 10 nitrogen and oxygen atoms in total. The van der Waals surface area contributed by atoms with Crippen molar-refractivity contribution >= 4 is 17.6 Å². The highest BCUT2D eigenvalue weighted by atomic mass is 16.6. The van der Waals surface area contributed by atoms with E-state index in [0.29, 0.717) is 34.2 Å². The number of esters is 1. The molecule has 1 N–H and O–H groups in total. The Bertz CT molecular complexity index is 1410. The molecule has 0 spiro atoms. The molecule has 0 saturated heterocycles. The highest BCUT2D eigenvalue weighted by molar-refractivity contribution is 5.91. The van der Waals surface area contributed by atoms with Gasteiger partial charge in [0.25, 0.3) is 0 Å². The summed E-state index contributed by atoms with van der Waals surface area (Å²) in [6.07, 6.45) is 0. The van der Waals surface area contributed by atoms with Crippen LogP contribution in [0.25, 0.3) is 0 Å². The maximum Gasteiger partial charge on any atom is 0.338 e. The summed E-state index contributed by atoms with van der Waals surface area (Å²) in [4.78, 5) is 25.6. The first-order valence-electron chi connectivity index (χ1n) is 11.7. The Morgan fingerprint density at radius 3 is 2.16 bits per heavy atom. The maximum atomic E-state index is 12.5. The molecule has 0 fully saturated rings. The van der Waals surface area contributed by atoms with Crippen molar-refractivity contribution in [1.29, 1.82) is 0 Å². The predicted octanol–water partition coefficient (Wildman–Crippen LogP) is 6.17. The number of aromatic nitrogens is 3. The van der Waals surface area contributed by atoms with Crippen molar-refractivity contribution < 1.29 is 28.5 Å². The number of hydrogen-bond donors (Lipinski definition) is 1. The molecule has 0 aliphatic carbocycles. The Balaban J connectivity index is 1.65. The van der Waals surface area contributed by atoms with Crippen LogP contribution in [0.2, 0.25) is 0 Å².